The Morgan fingerprint density at radius 2 is 1.96 bits per heavy atom. The zero-order valence-corrected chi connectivity index (χ0v) is 15.0. The minimum absolute atomic E-state index is 0.00807. The lowest BCUT2D eigenvalue weighted by Gasteiger charge is -2.12. The molecule has 0 spiro atoms. The highest BCUT2D eigenvalue weighted by atomic mass is 19.4. The molecule has 148 valence electrons. The molecule has 2 amide bonds. The van der Waals surface area contributed by atoms with Crippen LogP contribution in [-0.2, 0) is 11.3 Å². The Balaban J connectivity index is 1.63. The van der Waals surface area contributed by atoms with Gasteiger partial charge < -0.3 is 15.4 Å². The van der Waals surface area contributed by atoms with Gasteiger partial charge >= 0.3 is 6.36 Å². The van der Waals surface area contributed by atoms with Gasteiger partial charge in [-0.15, -0.1) is 13.2 Å². The first-order valence-electron chi connectivity index (χ1n) is 8.61. The van der Waals surface area contributed by atoms with Gasteiger partial charge in [0.1, 0.15) is 11.6 Å². The van der Waals surface area contributed by atoms with Crippen LogP contribution in [0.5, 0.6) is 5.75 Å². The van der Waals surface area contributed by atoms with Crippen molar-refractivity contribution in [3.05, 3.63) is 53.2 Å². The van der Waals surface area contributed by atoms with E-state index >= 15 is 0 Å². The van der Waals surface area contributed by atoms with Crippen LogP contribution < -0.4 is 15.4 Å². The number of hydrogen-bond acceptors (Lipinski definition) is 4. The van der Waals surface area contributed by atoms with E-state index in [0.29, 0.717) is 11.1 Å². The summed E-state index contributed by atoms with van der Waals surface area (Å²) in [6.45, 7) is 1.65. The number of amides is 2. The summed E-state index contributed by atoms with van der Waals surface area (Å²) in [6, 6.07) is 7.06. The molecule has 1 aromatic carbocycles. The Morgan fingerprint density at radius 3 is 2.64 bits per heavy atom. The van der Waals surface area contributed by atoms with Gasteiger partial charge in [0.05, 0.1) is 0 Å². The Labute approximate surface area is 159 Å². The molecule has 0 radical (unpaired) electrons. The maximum Gasteiger partial charge on any atom is 0.573 e. The number of carbonyl (C=O) groups is 2. The molecule has 0 saturated heterocycles. The van der Waals surface area contributed by atoms with Crippen molar-refractivity contribution in [1.29, 1.82) is 0 Å². The van der Waals surface area contributed by atoms with Gasteiger partial charge in [-0.25, -0.2) is 4.98 Å². The van der Waals surface area contributed by atoms with Crippen molar-refractivity contribution in [2.45, 2.75) is 32.7 Å². The summed E-state index contributed by atoms with van der Waals surface area (Å²) < 4.78 is 41.1. The van der Waals surface area contributed by atoms with Crippen molar-refractivity contribution < 1.29 is 27.5 Å². The van der Waals surface area contributed by atoms with Crippen LogP contribution in [0.4, 0.5) is 19.0 Å². The number of carbonyl (C=O) groups excluding carboxylic acids is 2. The molecule has 28 heavy (non-hydrogen) atoms. The van der Waals surface area contributed by atoms with Crippen LogP contribution >= 0.6 is 0 Å². The largest absolute Gasteiger partial charge is 0.573 e. The van der Waals surface area contributed by atoms with Gasteiger partial charge in [0.15, 0.2) is 0 Å². The Morgan fingerprint density at radius 1 is 1.21 bits per heavy atom. The Kier molecular flexibility index (Phi) is 5.53. The van der Waals surface area contributed by atoms with E-state index in [9.17, 15) is 22.8 Å². The lowest BCUT2D eigenvalue weighted by Crippen LogP contribution is -2.23. The van der Waals surface area contributed by atoms with Crippen molar-refractivity contribution in [3.8, 4) is 5.75 Å². The summed E-state index contributed by atoms with van der Waals surface area (Å²) in [5.41, 5.74) is 1.31. The molecular weight excluding hydrogens is 375 g/mol. The first-order valence-corrected chi connectivity index (χ1v) is 8.61. The van der Waals surface area contributed by atoms with Gasteiger partial charge in [-0.1, -0.05) is 6.07 Å². The Hall–Kier alpha value is -3.10. The summed E-state index contributed by atoms with van der Waals surface area (Å²) in [6.07, 6.45) is -1.68. The minimum atomic E-state index is -4.79. The van der Waals surface area contributed by atoms with E-state index in [2.05, 4.69) is 20.4 Å². The van der Waals surface area contributed by atoms with Crippen LogP contribution in [0.1, 0.15) is 34.3 Å². The number of nitrogens with one attached hydrogen (secondary N) is 2. The molecule has 1 aliphatic rings. The summed E-state index contributed by atoms with van der Waals surface area (Å²) in [5, 5.41) is 5.29. The summed E-state index contributed by atoms with van der Waals surface area (Å²) >= 11 is 0. The molecule has 1 aromatic heterocycles. The number of ether oxygens (including phenoxy) is 1. The molecule has 0 aliphatic heterocycles. The molecule has 6 nitrogen and oxygen atoms in total. The van der Waals surface area contributed by atoms with Crippen LogP contribution in [0, 0.1) is 12.8 Å². The number of nitrogens with zero attached hydrogens (tertiary/aromatic N) is 1. The van der Waals surface area contributed by atoms with E-state index in [0.717, 1.165) is 12.8 Å². The van der Waals surface area contributed by atoms with Gasteiger partial charge in [-0.05, 0) is 55.2 Å². The van der Waals surface area contributed by atoms with Crippen molar-refractivity contribution in [1.82, 2.24) is 10.3 Å². The standard InChI is InChI=1S/C19H18F3N3O3/c1-11-6-12(8-15(7-11)28-19(20,21)22)10-24-17(26)14-4-5-23-16(9-14)25-18(27)13-2-3-13/h4-9,13H,2-3,10H2,1H3,(H,24,26)(H,23,25,27). The van der Waals surface area contributed by atoms with Crippen molar-refractivity contribution in [3.63, 3.8) is 0 Å². The monoisotopic (exact) mass is 393 g/mol. The predicted molar refractivity (Wildman–Crippen MR) is 94.6 cm³/mol. The number of rotatable bonds is 6. The van der Waals surface area contributed by atoms with E-state index in [1.165, 1.54) is 30.5 Å². The molecule has 0 bridgehead atoms. The van der Waals surface area contributed by atoms with Gasteiger partial charge in [0.25, 0.3) is 5.91 Å². The quantitative estimate of drug-likeness (QED) is 0.786. The summed E-state index contributed by atoms with van der Waals surface area (Å²) in [5.74, 6) is -0.619. The second-order valence-corrected chi connectivity index (χ2v) is 6.58. The lowest BCUT2D eigenvalue weighted by molar-refractivity contribution is -0.274. The SMILES string of the molecule is Cc1cc(CNC(=O)c2ccnc(NC(=O)C3CC3)c2)cc(OC(F)(F)F)c1. The predicted octanol–water partition coefficient (Wildman–Crippen LogP) is 3.57. The van der Waals surface area contributed by atoms with Crippen LogP contribution in [0.2, 0.25) is 0 Å². The van der Waals surface area contributed by atoms with E-state index in [4.69, 9.17) is 0 Å². The number of aromatic nitrogens is 1. The zero-order valence-electron chi connectivity index (χ0n) is 15.0. The second kappa shape index (κ2) is 7.87. The smallest absolute Gasteiger partial charge is 0.406 e. The van der Waals surface area contributed by atoms with Gasteiger partial charge in [-0.3, -0.25) is 9.59 Å². The third-order valence-corrected chi connectivity index (χ3v) is 4.02. The Bertz CT molecular complexity index is 895. The molecule has 3 rings (SSSR count). The molecule has 2 aromatic rings. The van der Waals surface area contributed by atoms with Crippen LogP contribution in [-0.4, -0.2) is 23.2 Å². The highest BCUT2D eigenvalue weighted by Crippen LogP contribution is 2.30. The van der Waals surface area contributed by atoms with Crippen LogP contribution in [0.15, 0.2) is 36.5 Å². The van der Waals surface area contributed by atoms with E-state index < -0.39 is 12.3 Å². The maximum atomic E-state index is 12.4. The topological polar surface area (TPSA) is 80.3 Å². The molecule has 0 unspecified atom stereocenters. The van der Waals surface area contributed by atoms with Crippen molar-refractivity contribution in [2.75, 3.05) is 5.32 Å². The normalized spacial score (nSPS) is 13.7. The molecule has 1 aliphatic carbocycles. The number of hydrogen-bond donors (Lipinski definition) is 2. The molecule has 1 heterocycles. The third-order valence-electron chi connectivity index (χ3n) is 4.02. The van der Waals surface area contributed by atoms with E-state index in [1.54, 1.807) is 13.0 Å². The highest BCUT2D eigenvalue weighted by Gasteiger charge is 2.31. The summed E-state index contributed by atoms with van der Waals surface area (Å²) in [4.78, 5) is 28.1. The molecule has 1 fully saturated rings. The fourth-order valence-corrected chi connectivity index (χ4v) is 2.62. The zero-order chi connectivity index (χ0) is 20.3. The fourth-order valence-electron chi connectivity index (χ4n) is 2.62. The highest BCUT2D eigenvalue weighted by molar-refractivity contribution is 5.97. The number of pyridine rings is 1. The number of anilines is 1. The average Bonchev–Trinajstić information content (AvgIpc) is 3.43. The first kappa shape index (κ1) is 19.7. The molecule has 0 atom stereocenters. The second-order valence-electron chi connectivity index (χ2n) is 6.58. The van der Waals surface area contributed by atoms with Crippen LogP contribution in [0.3, 0.4) is 0 Å². The number of aryl methyl sites for hydroxylation is 1. The van der Waals surface area contributed by atoms with E-state index in [1.807, 2.05) is 0 Å². The molecule has 1 saturated carbocycles. The average molecular weight is 393 g/mol. The van der Waals surface area contributed by atoms with Gasteiger partial charge in [0, 0.05) is 24.2 Å². The molecule has 2 N–H and O–H groups in total. The number of alkyl halides is 3. The lowest BCUT2D eigenvalue weighted by atomic mass is 10.1. The fraction of sp³-hybridized carbons (Fsp3) is 0.316. The third kappa shape index (κ3) is 5.70. The molecule has 9 heteroatoms. The maximum absolute atomic E-state index is 12.4. The summed E-state index contributed by atoms with van der Waals surface area (Å²) in [7, 11) is 0. The van der Waals surface area contributed by atoms with Gasteiger partial charge in [0.2, 0.25) is 5.91 Å². The van der Waals surface area contributed by atoms with Crippen molar-refractivity contribution >= 4 is 17.6 Å². The number of halogens is 3. The number of benzene rings is 1. The van der Waals surface area contributed by atoms with Gasteiger partial charge in [-0.2, -0.15) is 0 Å². The first-order chi connectivity index (χ1) is 13.2. The van der Waals surface area contributed by atoms with E-state index in [-0.39, 0.29) is 35.5 Å². The van der Waals surface area contributed by atoms with Crippen LogP contribution in [0.25, 0.3) is 0 Å². The van der Waals surface area contributed by atoms with Crippen molar-refractivity contribution in [2.24, 2.45) is 5.92 Å². The molecular formula is C19H18F3N3O3. The minimum Gasteiger partial charge on any atom is -0.406 e.